The molecule has 116 valence electrons. The van der Waals surface area contributed by atoms with E-state index in [1.165, 1.54) is 6.42 Å². The second-order valence-electron chi connectivity index (χ2n) is 5.85. The van der Waals surface area contributed by atoms with Crippen LogP contribution in [0.5, 0.6) is 5.75 Å². The highest BCUT2D eigenvalue weighted by molar-refractivity contribution is 5.95. The number of hydrogen-bond acceptors (Lipinski definition) is 4. The van der Waals surface area contributed by atoms with Gasteiger partial charge in [-0.25, -0.2) is 4.79 Å². The monoisotopic (exact) mass is 299 g/mol. The zero-order chi connectivity index (χ0) is 15.5. The number of nitrogens with zero attached hydrogens (tertiary/aromatic N) is 1. The second-order valence-corrected chi connectivity index (χ2v) is 5.85. The highest BCUT2D eigenvalue weighted by Gasteiger charge is 2.20. The van der Waals surface area contributed by atoms with Crippen molar-refractivity contribution in [2.45, 2.75) is 45.1 Å². The van der Waals surface area contributed by atoms with E-state index in [4.69, 9.17) is 9.47 Å². The van der Waals surface area contributed by atoms with Crippen LogP contribution in [0.25, 0.3) is 10.9 Å². The van der Waals surface area contributed by atoms with Crippen LogP contribution < -0.4 is 4.74 Å². The first-order valence-corrected chi connectivity index (χ1v) is 7.84. The molecule has 1 heterocycles. The minimum Gasteiger partial charge on any atom is -0.497 e. The smallest absolute Gasteiger partial charge is 0.340 e. The number of hydrogen-bond donors (Lipinski definition) is 0. The molecule has 0 atom stereocenters. The van der Waals surface area contributed by atoms with Gasteiger partial charge in [-0.1, -0.05) is 6.42 Å². The number of carbonyl (C=O) groups is 1. The molecule has 1 aromatic heterocycles. The van der Waals surface area contributed by atoms with Gasteiger partial charge >= 0.3 is 5.97 Å². The Bertz CT molecular complexity index is 690. The predicted octanol–water partition coefficient (Wildman–Crippen LogP) is 4.04. The molecule has 1 aromatic carbocycles. The summed E-state index contributed by atoms with van der Waals surface area (Å²) in [7, 11) is 1.63. The summed E-state index contributed by atoms with van der Waals surface area (Å²) in [6, 6.07) is 7.51. The third-order valence-electron chi connectivity index (χ3n) is 4.26. The van der Waals surface area contributed by atoms with E-state index in [1.54, 1.807) is 7.11 Å². The van der Waals surface area contributed by atoms with E-state index in [2.05, 4.69) is 4.98 Å². The molecule has 0 radical (unpaired) electrons. The third kappa shape index (κ3) is 3.06. The molecule has 2 aromatic rings. The lowest BCUT2D eigenvalue weighted by atomic mass is 9.98. The number of pyridine rings is 1. The molecular weight excluding hydrogens is 278 g/mol. The van der Waals surface area contributed by atoms with Crippen LogP contribution in [0.15, 0.2) is 24.3 Å². The van der Waals surface area contributed by atoms with E-state index in [0.717, 1.165) is 42.3 Å². The van der Waals surface area contributed by atoms with Crippen LogP contribution in [0.3, 0.4) is 0 Å². The quantitative estimate of drug-likeness (QED) is 0.802. The molecule has 0 unspecified atom stereocenters. The SMILES string of the molecule is COc1ccc2nc(C)c(C(=O)OC3CCCCC3)cc2c1. The van der Waals surface area contributed by atoms with E-state index in [9.17, 15) is 4.79 Å². The lowest BCUT2D eigenvalue weighted by molar-refractivity contribution is 0.0210. The number of aromatic nitrogens is 1. The number of benzene rings is 1. The summed E-state index contributed by atoms with van der Waals surface area (Å²) in [5.74, 6) is 0.492. The van der Waals surface area contributed by atoms with Crippen molar-refractivity contribution in [3.05, 3.63) is 35.5 Å². The molecule has 0 amide bonds. The van der Waals surface area contributed by atoms with Crippen molar-refractivity contribution in [2.75, 3.05) is 7.11 Å². The Morgan fingerprint density at radius 2 is 1.95 bits per heavy atom. The highest BCUT2D eigenvalue weighted by atomic mass is 16.5. The fraction of sp³-hybridized carbons (Fsp3) is 0.444. The van der Waals surface area contributed by atoms with Gasteiger partial charge in [0.05, 0.1) is 23.9 Å². The lowest BCUT2D eigenvalue weighted by Gasteiger charge is -2.22. The van der Waals surface area contributed by atoms with Gasteiger partial charge in [0.25, 0.3) is 0 Å². The number of carbonyl (C=O) groups excluding carboxylic acids is 1. The summed E-state index contributed by atoms with van der Waals surface area (Å²) in [5.41, 5.74) is 2.11. The largest absolute Gasteiger partial charge is 0.497 e. The fourth-order valence-corrected chi connectivity index (χ4v) is 2.98. The van der Waals surface area contributed by atoms with Gasteiger partial charge in [0.2, 0.25) is 0 Å². The summed E-state index contributed by atoms with van der Waals surface area (Å²) in [5, 5.41) is 0.889. The maximum Gasteiger partial charge on any atom is 0.340 e. The molecule has 1 aliphatic rings. The van der Waals surface area contributed by atoms with Crippen molar-refractivity contribution in [1.29, 1.82) is 0 Å². The van der Waals surface area contributed by atoms with Crippen LogP contribution in [-0.4, -0.2) is 24.2 Å². The molecule has 0 aliphatic heterocycles. The Labute approximate surface area is 130 Å². The van der Waals surface area contributed by atoms with Gasteiger partial charge in [-0.15, -0.1) is 0 Å². The molecule has 22 heavy (non-hydrogen) atoms. The predicted molar refractivity (Wildman–Crippen MR) is 85.3 cm³/mol. The average Bonchev–Trinajstić information content (AvgIpc) is 2.54. The van der Waals surface area contributed by atoms with Crippen molar-refractivity contribution in [2.24, 2.45) is 0 Å². The Morgan fingerprint density at radius 1 is 1.18 bits per heavy atom. The molecule has 0 spiro atoms. The first-order chi connectivity index (χ1) is 10.7. The van der Waals surface area contributed by atoms with E-state index in [0.29, 0.717) is 11.3 Å². The van der Waals surface area contributed by atoms with E-state index in [1.807, 2.05) is 31.2 Å². The average molecular weight is 299 g/mol. The minimum absolute atomic E-state index is 0.0571. The zero-order valence-corrected chi connectivity index (χ0v) is 13.1. The zero-order valence-electron chi connectivity index (χ0n) is 13.1. The molecule has 1 saturated carbocycles. The van der Waals surface area contributed by atoms with Crippen LogP contribution in [-0.2, 0) is 4.74 Å². The molecule has 0 saturated heterocycles. The first-order valence-electron chi connectivity index (χ1n) is 7.84. The Morgan fingerprint density at radius 3 is 2.68 bits per heavy atom. The van der Waals surface area contributed by atoms with Crippen molar-refractivity contribution in [3.8, 4) is 5.75 Å². The van der Waals surface area contributed by atoms with E-state index in [-0.39, 0.29) is 12.1 Å². The summed E-state index contributed by atoms with van der Waals surface area (Å²) >= 11 is 0. The first kappa shape index (κ1) is 14.8. The molecule has 0 bridgehead atoms. The number of methoxy groups -OCH3 is 1. The van der Waals surface area contributed by atoms with Crippen LogP contribution in [0.2, 0.25) is 0 Å². The van der Waals surface area contributed by atoms with Crippen LogP contribution in [0, 0.1) is 6.92 Å². The van der Waals surface area contributed by atoms with Crippen molar-refractivity contribution >= 4 is 16.9 Å². The van der Waals surface area contributed by atoms with Crippen LogP contribution in [0.1, 0.15) is 48.2 Å². The summed E-state index contributed by atoms with van der Waals surface area (Å²) < 4.78 is 10.9. The van der Waals surface area contributed by atoms with Gasteiger partial charge in [-0.2, -0.15) is 0 Å². The van der Waals surface area contributed by atoms with Crippen molar-refractivity contribution in [3.63, 3.8) is 0 Å². The molecule has 0 N–H and O–H groups in total. The van der Waals surface area contributed by atoms with Crippen LogP contribution >= 0.6 is 0 Å². The van der Waals surface area contributed by atoms with E-state index >= 15 is 0 Å². The molecule has 1 fully saturated rings. The number of rotatable bonds is 3. The maximum atomic E-state index is 12.4. The lowest BCUT2D eigenvalue weighted by Crippen LogP contribution is -2.21. The minimum atomic E-state index is -0.262. The third-order valence-corrected chi connectivity index (χ3v) is 4.26. The number of esters is 1. The van der Waals surface area contributed by atoms with Crippen molar-refractivity contribution in [1.82, 2.24) is 4.98 Å². The van der Waals surface area contributed by atoms with Gasteiger partial charge in [-0.3, -0.25) is 4.98 Å². The van der Waals surface area contributed by atoms with Crippen molar-refractivity contribution < 1.29 is 14.3 Å². The van der Waals surface area contributed by atoms with Gasteiger partial charge in [0.1, 0.15) is 11.9 Å². The molecule has 1 aliphatic carbocycles. The molecule has 3 rings (SSSR count). The van der Waals surface area contributed by atoms with Gasteiger partial charge < -0.3 is 9.47 Å². The summed E-state index contributed by atoms with van der Waals surface area (Å²) in [6.45, 7) is 1.85. The number of fused-ring (bicyclic) bond motifs is 1. The summed E-state index contributed by atoms with van der Waals surface area (Å²) in [4.78, 5) is 16.9. The van der Waals surface area contributed by atoms with Gasteiger partial charge in [0.15, 0.2) is 0 Å². The van der Waals surface area contributed by atoms with E-state index < -0.39 is 0 Å². The molecular formula is C18H21NO3. The van der Waals surface area contributed by atoms with Gasteiger partial charge in [-0.05, 0) is 56.9 Å². The standard InChI is InChI=1S/C18H21NO3/c1-12-16(18(20)22-14-6-4-3-5-7-14)11-13-10-15(21-2)8-9-17(13)19-12/h8-11,14H,3-7H2,1-2H3. The molecule has 4 nitrogen and oxygen atoms in total. The number of aryl methyl sites for hydroxylation is 1. The van der Waals surface area contributed by atoms with Crippen LogP contribution in [0.4, 0.5) is 0 Å². The Kier molecular flexibility index (Phi) is 4.27. The highest BCUT2D eigenvalue weighted by Crippen LogP contribution is 2.25. The topological polar surface area (TPSA) is 48.4 Å². The number of ether oxygens (including phenoxy) is 2. The molecule has 4 heteroatoms. The Hall–Kier alpha value is -2.10. The maximum absolute atomic E-state index is 12.4. The fourth-order valence-electron chi connectivity index (χ4n) is 2.98. The normalized spacial score (nSPS) is 15.7. The Balaban J connectivity index is 1.88. The summed E-state index contributed by atoms with van der Waals surface area (Å²) in [6.07, 6.45) is 5.53. The van der Waals surface area contributed by atoms with Gasteiger partial charge in [0, 0.05) is 5.39 Å². The second kappa shape index (κ2) is 6.34.